The lowest BCUT2D eigenvalue weighted by Crippen LogP contribution is -2.38. The van der Waals surface area contributed by atoms with Crippen LogP contribution in [-0.2, 0) is 22.6 Å². The van der Waals surface area contributed by atoms with E-state index in [1.807, 2.05) is 29.2 Å². The van der Waals surface area contributed by atoms with E-state index >= 15 is 0 Å². The minimum atomic E-state index is -1.43. The molecule has 1 atom stereocenters. The Morgan fingerprint density at radius 2 is 1.93 bits per heavy atom. The smallest absolute Gasteiger partial charge is 0.171 e. The molecule has 0 spiro atoms. The van der Waals surface area contributed by atoms with Gasteiger partial charge in [0.1, 0.15) is 17.9 Å². The molecule has 0 radical (unpaired) electrons. The average Bonchev–Trinajstić information content (AvgIpc) is 3.42. The van der Waals surface area contributed by atoms with Crippen molar-refractivity contribution in [2.24, 2.45) is 5.73 Å². The number of hydrogen-bond donors (Lipinski definition) is 2. The molecule has 1 unspecified atom stereocenters. The molecule has 12 heteroatoms. The summed E-state index contributed by atoms with van der Waals surface area (Å²) in [6, 6.07) is 10.3. The van der Waals surface area contributed by atoms with E-state index in [1.54, 1.807) is 18.3 Å². The van der Waals surface area contributed by atoms with E-state index in [9.17, 15) is 13.3 Å². The maximum absolute atomic E-state index is 14.6. The maximum Gasteiger partial charge on any atom is 0.171 e. The van der Waals surface area contributed by atoms with Crippen LogP contribution in [0, 0.1) is 11.6 Å². The number of halogens is 2. The van der Waals surface area contributed by atoms with Crippen molar-refractivity contribution < 1.29 is 18.1 Å². The number of aromatic nitrogens is 4. The van der Waals surface area contributed by atoms with Crippen molar-refractivity contribution in [3.63, 3.8) is 0 Å². The molecule has 4 heterocycles. The fourth-order valence-electron chi connectivity index (χ4n) is 4.48. The predicted octanol–water partition coefficient (Wildman–Crippen LogP) is 3.67. The number of nitrogens with one attached hydrogen (secondary N) is 1. The van der Waals surface area contributed by atoms with Crippen LogP contribution in [-0.4, -0.2) is 68.3 Å². The molecule has 0 bridgehead atoms. The molecule has 3 N–H and O–H groups in total. The number of anilines is 1. The standard InChI is InChI=1S/C28H29F2N7O2S/c1-40(38)35-28-13-20(12-27(34-28)23-4-3-22(29)14-25(23)30)24(15-31)26-5-2-19(16-32-26)21-17-33-37(18-21)7-6-36-8-10-39-11-9-36/h2-5,12-18H,6-11,31H2,1H3,(H,34,35). The van der Waals surface area contributed by atoms with Crippen LogP contribution in [0.4, 0.5) is 14.6 Å². The number of nitrogens with zero attached hydrogens (tertiary/aromatic N) is 5. The second kappa shape index (κ2) is 12.6. The van der Waals surface area contributed by atoms with Gasteiger partial charge in [-0.1, -0.05) is 6.07 Å². The summed E-state index contributed by atoms with van der Waals surface area (Å²) >= 11 is -1.43. The Labute approximate surface area is 234 Å². The van der Waals surface area contributed by atoms with E-state index in [2.05, 4.69) is 24.7 Å². The summed E-state index contributed by atoms with van der Waals surface area (Å²) in [6.45, 7) is 5.08. The predicted molar refractivity (Wildman–Crippen MR) is 151 cm³/mol. The van der Waals surface area contributed by atoms with Crippen molar-refractivity contribution in [2.75, 3.05) is 43.8 Å². The van der Waals surface area contributed by atoms with Crippen molar-refractivity contribution >= 4 is 22.8 Å². The summed E-state index contributed by atoms with van der Waals surface area (Å²) < 4.78 is 50.0. The average molecular weight is 566 g/mol. The zero-order valence-electron chi connectivity index (χ0n) is 21.9. The minimum Gasteiger partial charge on any atom is -0.593 e. The Hall–Kier alpha value is -3.84. The van der Waals surface area contributed by atoms with Crippen LogP contribution in [0.15, 0.2) is 67.3 Å². The first-order valence-electron chi connectivity index (χ1n) is 12.7. The second-order valence-corrected chi connectivity index (χ2v) is 10.4. The van der Waals surface area contributed by atoms with E-state index in [1.165, 1.54) is 18.5 Å². The van der Waals surface area contributed by atoms with E-state index in [0.29, 0.717) is 16.8 Å². The second-order valence-electron chi connectivity index (χ2n) is 9.27. The van der Waals surface area contributed by atoms with Gasteiger partial charge in [0.2, 0.25) is 0 Å². The number of rotatable bonds is 9. The number of pyridine rings is 2. The van der Waals surface area contributed by atoms with Crippen LogP contribution in [0.1, 0.15) is 11.3 Å². The third-order valence-electron chi connectivity index (χ3n) is 6.51. The van der Waals surface area contributed by atoms with Crippen LogP contribution < -0.4 is 10.5 Å². The van der Waals surface area contributed by atoms with Crippen LogP contribution in [0.5, 0.6) is 0 Å². The fraction of sp³-hybridized carbons (Fsp3) is 0.250. The lowest BCUT2D eigenvalue weighted by atomic mass is 10.00. The van der Waals surface area contributed by atoms with E-state index < -0.39 is 23.0 Å². The van der Waals surface area contributed by atoms with Crippen molar-refractivity contribution in [2.45, 2.75) is 6.54 Å². The summed E-state index contributed by atoms with van der Waals surface area (Å²) in [5.74, 6) is -1.21. The molecule has 0 saturated carbocycles. The van der Waals surface area contributed by atoms with Gasteiger partial charge in [-0.15, -0.1) is 0 Å². The Kier molecular flexibility index (Phi) is 8.70. The molecule has 0 amide bonds. The number of benzene rings is 1. The molecular formula is C28H29F2N7O2S. The van der Waals surface area contributed by atoms with E-state index in [0.717, 1.165) is 62.7 Å². The summed E-state index contributed by atoms with van der Waals surface area (Å²) in [7, 11) is 0. The van der Waals surface area contributed by atoms with Gasteiger partial charge in [0.15, 0.2) is 5.82 Å². The third kappa shape index (κ3) is 6.65. The molecule has 40 heavy (non-hydrogen) atoms. The molecule has 4 aromatic rings. The number of ether oxygens (including phenoxy) is 1. The fourth-order valence-corrected chi connectivity index (χ4v) is 4.88. The van der Waals surface area contributed by atoms with Crippen LogP contribution in [0.25, 0.3) is 28.0 Å². The molecule has 3 aromatic heterocycles. The van der Waals surface area contributed by atoms with E-state index in [-0.39, 0.29) is 17.1 Å². The van der Waals surface area contributed by atoms with Gasteiger partial charge in [-0.25, -0.2) is 13.8 Å². The Morgan fingerprint density at radius 1 is 1.10 bits per heavy atom. The number of morpholine rings is 1. The summed E-state index contributed by atoms with van der Waals surface area (Å²) in [5.41, 5.74) is 9.88. The van der Waals surface area contributed by atoms with Crippen LogP contribution >= 0.6 is 0 Å². The zero-order valence-corrected chi connectivity index (χ0v) is 22.7. The van der Waals surface area contributed by atoms with Crippen molar-refractivity contribution in [3.05, 3.63) is 90.1 Å². The highest BCUT2D eigenvalue weighted by molar-refractivity contribution is 7.92. The Balaban J connectivity index is 1.38. The lowest BCUT2D eigenvalue weighted by molar-refractivity contribution is 0.0360. The van der Waals surface area contributed by atoms with Crippen molar-refractivity contribution in [1.29, 1.82) is 0 Å². The van der Waals surface area contributed by atoms with Gasteiger partial charge < -0.3 is 15.0 Å². The monoisotopic (exact) mass is 565 g/mol. The normalized spacial score (nSPS) is 15.2. The third-order valence-corrected chi connectivity index (χ3v) is 7.01. The first-order valence-corrected chi connectivity index (χ1v) is 14.2. The number of nitrogens with two attached hydrogens (primary N) is 1. The lowest BCUT2D eigenvalue weighted by Gasteiger charge is -2.26. The first-order chi connectivity index (χ1) is 19.4. The molecule has 5 rings (SSSR count). The summed E-state index contributed by atoms with van der Waals surface area (Å²) in [6.07, 6.45) is 8.40. The molecule has 9 nitrogen and oxygen atoms in total. The van der Waals surface area contributed by atoms with Gasteiger partial charge in [-0.2, -0.15) is 9.82 Å². The molecule has 1 saturated heterocycles. The molecular weight excluding hydrogens is 536 g/mol. The summed E-state index contributed by atoms with van der Waals surface area (Å²) in [4.78, 5) is 11.4. The highest BCUT2D eigenvalue weighted by Gasteiger charge is 2.16. The van der Waals surface area contributed by atoms with Crippen LogP contribution in [0.3, 0.4) is 0 Å². The van der Waals surface area contributed by atoms with Gasteiger partial charge in [-0.05, 0) is 35.9 Å². The van der Waals surface area contributed by atoms with Gasteiger partial charge in [0.25, 0.3) is 0 Å². The topological polar surface area (TPSA) is 117 Å². The molecule has 1 aliphatic rings. The van der Waals surface area contributed by atoms with Gasteiger partial charge in [-0.3, -0.25) is 14.6 Å². The molecule has 1 aliphatic heterocycles. The molecule has 0 aliphatic carbocycles. The van der Waals surface area contributed by atoms with Gasteiger partial charge in [0.05, 0.1) is 48.7 Å². The van der Waals surface area contributed by atoms with Gasteiger partial charge in [0, 0.05) is 66.6 Å². The zero-order chi connectivity index (χ0) is 28.1. The van der Waals surface area contributed by atoms with Gasteiger partial charge >= 0.3 is 0 Å². The maximum atomic E-state index is 14.6. The Morgan fingerprint density at radius 3 is 2.62 bits per heavy atom. The quantitative estimate of drug-likeness (QED) is 0.295. The largest absolute Gasteiger partial charge is 0.593 e. The minimum absolute atomic E-state index is 0.0958. The van der Waals surface area contributed by atoms with Crippen molar-refractivity contribution in [3.8, 4) is 22.4 Å². The highest BCUT2D eigenvalue weighted by Crippen LogP contribution is 2.30. The molecule has 1 fully saturated rings. The SMILES string of the molecule is C[S+]([O-])Nc1cc(C(=CN)c2ccc(-c3cnn(CCN4CCOCC4)c3)cn2)cc(-c2ccc(F)cc2F)n1. The van der Waals surface area contributed by atoms with Crippen molar-refractivity contribution in [1.82, 2.24) is 24.6 Å². The Bertz CT molecular complexity index is 1490. The number of hydrogen-bond acceptors (Lipinski definition) is 8. The first kappa shape index (κ1) is 27.7. The molecule has 1 aromatic carbocycles. The van der Waals surface area contributed by atoms with Crippen LogP contribution in [0.2, 0.25) is 0 Å². The van der Waals surface area contributed by atoms with E-state index in [4.69, 9.17) is 10.5 Å². The molecule has 208 valence electrons. The summed E-state index contributed by atoms with van der Waals surface area (Å²) in [5, 5.41) is 4.49. The highest BCUT2D eigenvalue weighted by atomic mass is 32.2.